The maximum Gasteiger partial charge on any atom is 0.737 e. The summed E-state index contributed by atoms with van der Waals surface area (Å²) in [6, 6.07) is 43.1. The van der Waals surface area contributed by atoms with Crippen LogP contribution in [-0.2, 0) is 30.4 Å². The number of benzene rings is 3. The number of carbonyl (C=O) groups excluding carboxylic acids is 3. The molecule has 0 bridgehead atoms. The summed E-state index contributed by atoms with van der Waals surface area (Å²) < 4.78 is 118. The summed E-state index contributed by atoms with van der Waals surface area (Å²) in [7, 11) is 19.7. The standard InChI is InChI=1S/C32H36BF2N3O3S.C32H37N3O3S.C17H19NO3.C15H20N2OS.2C2HF3O2.C2H6.CH4.HI/c1-23-20-26(14-11-24-12-15-27(16-13-24)41-18-6-10-32(39)40)36-28(23)22-29-25(8-5-17-38(2,3)4)21-30(31-9-7-19-42-31)37(29)33(36,34)35;1-23-20-26(14-11-24-12-15-27(16-13-24)38-18-6-10-32(36)37)33-28(23)22-29-25(8-5-17-35(2,3)4)21-30(34-29)31-9-7-19-39-31;1-13-11-15(18-12-13)7-4-14-5-8-16(9-6-14)21-10-2-3-17(19)20;1-17(2,3)8-4-6-12-10-13(16-14(12)11-18)15-7-5-9-19-15;2*3-2(4,5)1(6)7;1-2;;/h7,9,11-16,19-22H,5-6,8,10,17-18H2,1-4H3;7,9,11-16,19-22H,5-6,8,10,17-18H2,1-4H3,(H-,33,34,36,37);4-9,11-12,18H,2-3,10H2,1H3,(H,19,20);5,7,9-11H,4,6,8H2,1-3H3;2*(H,6,7);1-2H3;1H4;1H/b2*14-11+;7-4+;;;;;;. The molecular formula is C103H125BF8IN9O14S3. The number of quaternary nitrogens is 3. The van der Waals surface area contributed by atoms with Crippen molar-refractivity contribution in [3.8, 4) is 27.8 Å². The van der Waals surface area contributed by atoms with Gasteiger partial charge in [-0.2, -0.15) is 26.3 Å². The number of fused-ring (bicyclic) bond motifs is 2. The number of allylic oxidation sites excluding steroid dienone is 4. The van der Waals surface area contributed by atoms with Crippen molar-refractivity contribution in [3.05, 3.63) is 273 Å². The molecule has 13 rings (SSSR count). The van der Waals surface area contributed by atoms with E-state index in [0.717, 1.165) is 168 Å². The molecule has 6 N–H and O–H groups in total. The third-order valence-corrected chi connectivity index (χ3v) is 23.2. The Kier molecular flexibility index (Phi) is 47.0. The normalized spacial score (nSPS) is 13.4. The van der Waals surface area contributed by atoms with Crippen molar-refractivity contribution in [2.45, 2.75) is 131 Å². The molecule has 23 nitrogen and oxygen atoms in total. The number of aliphatic imine (C=N–C) groups is 1. The van der Waals surface area contributed by atoms with Crippen molar-refractivity contribution in [2.75, 3.05) is 103 Å². The second-order valence-electron chi connectivity index (χ2n) is 35.0. The summed E-state index contributed by atoms with van der Waals surface area (Å²) in [6.07, 6.45) is 20.2. The first-order chi connectivity index (χ1) is 64.6. The monoisotopic (exact) mass is 2100 g/mol. The molecule has 10 heterocycles. The number of rotatable bonds is 38. The fourth-order valence-electron chi connectivity index (χ4n) is 13.9. The van der Waals surface area contributed by atoms with Crippen LogP contribution in [-0.4, -0.2) is 222 Å². The van der Waals surface area contributed by atoms with Gasteiger partial charge in [0.05, 0.1) is 140 Å². The average molecular weight is 2100 g/mol. The molecule has 0 spiro atoms. The van der Waals surface area contributed by atoms with E-state index in [1.165, 1.54) is 46.8 Å². The van der Waals surface area contributed by atoms with Gasteiger partial charge in [-0.3, -0.25) is 19.2 Å². The van der Waals surface area contributed by atoms with Crippen LogP contribution < -0.4 is 48.4 Å². The van der Waals surface area contributed by atoms with Crippen molar-refractivity contribution < 1.29 is 145 Å². The van der Waals surface area contributed by atoms with Crippen LogP contribution in [0.1, 0.15) is 180 Å². The van der Waals surface area contributed by atoms with Crippen molar-refractivity contribution in [2.24, 2.45) is 4.99 Å². The summed E-state index contributed by atoms with van der Waals surface area (Å²) in [5.74, 6) is -6.32. The fourth-order valence-corrected chi connectivity index (χ4v) is 16.0. The molecule has 0 radical (unpaired) electrons. The molecule has 139 heavy (non-hydrogen) atoms. The minimum atomic E-state index is -5.19. The van der Waals surface area contributed by atoms with Gasteiger partial charge in [-0.1, -0.05) is 94.1 Å². The number of aromatic nitrogens is 4. The van der Waals surface area contributed by atoms with Gasteiger partial charge in [-0.05, 0) is 229 Å². The zero-order valence-electron chi connectivity index (χ0n) is 79.8. The maximum absolute atomic E-state index is 16.7. The number of carboxylic acids is 5. The first kappa shape index (κ1) is 117. The lowest BCUT2D eigenvalue weighted by atomic mass is 9.88. The first-order valence-electron chi connectivity index (χ1n) is 44.5. The van der Waals surface area contributed by atoms with Gasteiger partial charge in [0, 0.05) is 90.9 Å². The minimum absolute atomic E-state index is 0. The lowest BCUT2D eigenvalue weighted by molar-refractivity contribution is -0.870. The second kappa shape index (κ2) is 55.7. The highest BCUT2D eigenvalue weighted by atomic mass is 127. The number of aldehydes is 1. The van der Waals surface area contributed by atoms with Gasteiger partial charge < -0.3 is 119 Å². The fraction of sp³-hybridized carbons (Fsp3) is 0.340. The number of hydrogen-bond donors (Lipinski definition) is 6. The van der Waals surface area contributed by atoms with E-state index in [2.05, 4.69) is 151 Å². The van der Waals surface area contributed by atoms with E-state index < -0.39 is 49.2 Å². The average Bonchev–Trinajstić information content (AvgIpc) is 1.55. The number of alkyl halides is 6. The number of aromatic amines is 3. The number of aryl methyl sites for hydroxylation is 4. The van der Waals surface area contributed by atoms with Gasteiger partial charge in [0.25, 0.3) is 0 Å². The third-order valence-electron chi connectivity index (χ3n) is 20.5. The Labute approximate surface area is 836 Å². The number of carbonyl (C=O) groups is 6. The summed E-state index contributed by atoms with van der Waals surface area (Å²) in [5, 5.41) is 49.7. The largest absolute Gasteiger partial charge is 1.00 e. The van der Waals surface area contributed by atoms with Crippen molar-refractivity contribution in [1.82, 2.24) is 19.4 Å². The van der Waals surface area contributed by atoms with E-state index in [9.17, 15) is 45.5 Å². The molecule has 3 aliphatic rings. The van der Waals surface area contributed by atoms with Crippen LogP contribution in [0.5, 0.6) is 17.2 Å². The Morgan fingerprint density at radius 1 is 0.518 bits per heavy atom. The lowest BCUT2D eigenvalue weighted by Gasteiger charge is -2.31. The summed E-state index contributed by atoms with van der Waals surface area (Å²) in [6.45, 7) is 10.2. The number of hydrogen-bond acceptors (Lipinski definition) is 15. The number of aliphatic carboxylic acids is 5. The Balaban J connectivity index is 0.000000321. The highest BCUT2D eigenvalue weighted by Crippen LogP contribution is 2.41. The van der Waals surface area contributed by atoms with Crippen LogP contribution in [0.25, 0.3) is 59.2 Å². The zero-order valence-corrected chi connectivity index (χ0v) is 84.4. The first-order valence-corrected chi connectivity index (χ1v) is 47.1. The van der Waals surface area contributed by atoms with Crippen LogP contribution in [0.2, 0.25) is 0 Å². The van der Waals surface area contributed by atoms with Gasteiger partial charge in [0.15, 0.2) is 17.7 Å². The van der Waals surface area contributed by atoms with Crippen LogP contribution in [0.4, 0.5) is 35.0 Å². The number of nitrogens with zero attached hydrogens (tertiary/aromatic N) is 6. The van der Waals surface area contributed by atoms with Gasteiger partial charge in [0.1, 0.15) is 29.2 Å². The van der Waals surface area contributed by atoms with E-state index in [4.69, 9.17) is 54.3 Å². The quantitative estimate of drug-likeness (QED) is 0.00524. The summed E-state index contributed by atoms with van der Waals surface area (Å²) >= 11 is 4.89. The predicted octanol–water partition coefficient (Wildman–Crippen LogP) is 18.0. The molecule has 36 heteroatoms. The van der Waals surface area contributed by atoms with Crippen LogP contribution in [0.15, 0.2) is 195 Å². The SMILES string of the molecule is C.CC.C[N+](C)(C)CCCc1cc(-c2cccs2)[nH]c1C=O.Cc1c[nH]c(/C=C/c2ccc(OCCCC(=O)O)cc2)c1.Cc1cc(/C=C/c2ccc(OCCCC(=O)O)cc2)[nH]c1C=C1N=C(c2cccs2)C=C1CCC[N+](C)(C)C.Cc1cc(/C=C/c2ccc(OCCCC(=O)O)cc2)n2c1C=C1C(CCC[N+](C)(C)C)=CC(c3cccs3)=[N+]1[B-]2(F)F.O=C([O-])C(F)(F)F.O=C([O-])C(F)(F)F.[I-]. The minimum Gasteiger partial charge on any atom is -1.00 e. The number of ether oxygens (including phenoxy) is 3. The third kappa shape index (κ3) is 40.4. The molecule has 3 aliphatic heterocycles. The van der Waals surface area contributed by atoms with Gasteiger partial charge in [0.2, 0.25) is 0 Å². The molecule has 10 aromatic rings. The van der Waals surface area contributed by atoms with Gasteiger partial charge in [-0.15, -0.1) is 34.0 Å². The van der Waals surface area contributed by atoms with E-state index >= 15 is 8.63 Å². The number of nitrogens with one attached hydrogen (secondary N) is 3. The summed E-state index contributed by atoms with van der Waals surface area (Å²) in [4.78, 5) is 78.5. The van der Waals surface area contributed by atoms with Crippen LogP contribution >= 0.6 is 34.0 Å². The molecule has 7 aromatic heterocycles. The molecule has 0 atom stereocenters. The van der Waals surface area contributed by atoms with E-state index in [-0.39, 0.29) is 50.7 Å². The Morgan fingerprint density at radius 2 is 0.942 bits per heavy atom. The number of halogens is 9. The smallest absolute Gasteiger partial charge is 0.737 e. The molecular weight excluding hydrogens is 1970 g/mol. The summed E-state index contributed by atoms with van der Waals surface area (Å²) in [5.41, 5.74) is 18.8. The molecule has 0 fully saturated rings. The highest BCUT2D eigenvalue weighted by Gasteiger charge is 2.54. The molecule has 0 saturated heterocycles. The number of H-pyrrole nitrogens is 3. The molecule has 0 saturated carbocycles. The molecule has 0 aliphatic carbocycles. The zero-order chi connectivity index (χ0) is 101. The maximum atomic E-state index is 16.7. The van der Waals surface area contributed by atoms with E-state index in [1.54, 1.807) is 40.9 Å². The topological polar surface area (TPSA) is 305 Å². The van der Waals surface area contributed by atoms with Crippen molar-refractivity contribution in [1.29, 1.82) is 0 Å². The highest BCUT2D eigenvalue weighted by molar-refractivity contribution is 7.13. The second-order valence-corrected chi connectivity index (χ2v) is 37.9. The van der Waals surface area contributed by atoms with Gasteiger partial charge >= 0.3 is 37.2 Å². The lowest BCUT2D eigenvalue weighted by Crippen LogP contribution is -3.00. The van der Waals surface area contributed by atoms with E-state index in [0.29, 0.717) is 67.6 Å². The molecule has 750 valence electrons. The van der Waals surface area contributed by atoms with Crippen LogP contribution in [0.3, 0.4) is 0 Å². The predicted molar refractivity (Wildman–Crippen MR) is 534 cm³/mol. The van der Waals surface area contributed by atoms with Gasteiger partial charge in [-0.25, -0.2) is 4.99 Å². The molecule has 0 unspecified atom stereocenters. The molecule has 3 aromatic carbocycles. The van der Waals surface area contributed by atoms with Crippen molar-refractivity contribution in [3.63, 3.8) is 0 Å². The van der Waals surface area contributed by atoms with Crippen molar-refractivity contribution >= 4 is 137 Å². The molecule has 0 amide bonds. The number of thiophene rings is 3. The Morgan fingerprint density at radius 3 is 1.35 bits per heavy atom. The number of carboxylic acid groups (broad SMARTS) is 5. The van der Waals surface area contributed by atoms with E-state index in [1.807, 2.05) is 160 Å². The van der Waals surface area contributed by atoms with Crippen LogP contribution in [0, 0.1) is 20.8 Å². The Hall–Kier alpha value is -12.1. The Bertz CT molecular complexity index is 5880.